The maximum Gasteiger partial charge on any atom is 0.224 e. The molecular weight excluding hydrogens is 301 g/mol. The molecule has 0 saturated heterocycles. The zero-order chi connectivity index (χ0) is 13.5. The molecule has 100 valence electrons. The first kappa shape index (κ1) is 14.9. The van der Waals surface area contributed by atoms with Crippen LogP contribution in [0.2, 0.25) is 0 Å². The van der Waals surface area contributed by atoms with Crippen molar-refractivity contribution in [3.8, 4) is 0 Å². The minimum atomic E-state index is -0.431. The maximum absolute atomic E-state index is 13.4. The van der Waals surface area contributed by atoms with Crippen LogP contribution in [0.1, 0.15) is 20.3 Å². The number of anilines is 1. The number of carbonyl (C=O) groups excluding carboxylic acids is 1. The van der Waals surface area contributed by atoms with Gasteiger partial charge in [-0.2, -0.15) is 0 Å². The zero-order valence-electron chi connectivity index (χ0n) is 10.5. The minimum Gasteiger partial charge on any atom is -0.367 e. The summed E-state index contributed by atoms with van der Waals surface area (Å²) in [6, 6.07) is 1.33. The van der Waals surface area contributed by atoms with Crippen LogP contribution < -0.4 is 5.32 Å². The fourth-order valence-corrected chi connectivity index (χ4v) is 1.87. The molecule has 1 aromatic rings. The molecule has 1 aromatic heterocycles. The lowest BCUT2D eigenvalue weighted by molar-refractivity contribution is -0.130. The van der Waals surface area contributed by atoms with Crippen LogP contribution in [0, 0.1) is 5.82 Å². The summed E-state index contributed by atoms with van der Waals surface area (Å²) in [7, 11) is 0. The van der Waals surface area contributed by atoms with Crippen molar-refractivity contribution in [2.45, 2.75) is 20.3 Å². The van der Waals surface area contributed by atoms with Gasteiger partial charge in [0.2, 0.25) is 5.91 Å². The highest BCUT2D eigenvalue weighted by atomic mass is 79.9. The largest absolute Gasteiger partial charge is 0.367 e. The van der Waals surface area contributed by atoms with Gasteiger partial charge in [-0.15, -0.1) is 0 Å². The van der Waals surface area contributed by atoms with Crippen molar-refractivity contribution in [1.82, 2.24) is 9.88 Å². The van der Waals surface area contributed by atoms with Gasteiger partial charge in [0.25, 0.3) is 0 Å². The predicted molar refractivity (Wildman–Crippen MR) is 72.9 cm³/mol. The van der Waals surface area contributed by atoms with E-state index in [1.165, 1.54) is 12.3 Å². The molecule has 6 heteroatoms. The number of amides is 1. The van der Waals surface area contributed by atoms with Crippen molar-refractivity contribution < 1.29 is 9.18 Å². The van der Waals surface area contributed by atoms with Crippen LogP contribution in [0.3, 0.4) is 0 Å². The topological polar surface area (TPSA) is 45.2 Å². The van der Waals surface area contributed by atoms with Crippen LogP contribution in [0.15, 0.2) is 16.7 Å². The van der Waals surface area contributed by atoms with Crippen molar-refractivity contribution in [1.29, 1.82) is 0 Å². The van der Waals surface area contributed by atoms with Crippen LogP contribution in [-0.4, -0.2) is 35.4 Å². The van der Waals surface area contributed by atoms with E-state index in [9.17, 15) is 9.18 Å². The Labute approximate surface area is 115 Å². The molecular formula is C12H17BrFN3O. The van der Waals surface area contributed by atoms with Crippen LogP contribution >= 0.6 is 15.9 Å². The average Bonchev–Trinajstić information content (AvgIpc) is 2.33. The number of halogens is 2. The SMILES string of the molecule is CCN(CC)C(=O)CCNc1ncc(Br)cc1F. The van der Waals surface area contributed by atoms with E-state index in [1.807, 2.05) is 13.8 Å². The average molecular weight is 318 g/mol. The molecule has 0 bridgehead atoms. The number of rotatable bonds is 6. The summed E-state index contributed by atoms with van der Waals surface area (Å²) in [5.41, 5.74) is 0. The Balaban J connectivity index is 2.44. The number of hydrogen-bond donors (Lipinski definition) is 1. The molecule has 0 fully saturated rings. The van der Waals surface area contributed by atoms with Gasteiger partial charge in [0.15, 0.2) is 11.6 Å². The molecule has 0 atom stereocenters. The second kappa shape index (κ2) is 7.31. The number of nitrogens with one attached hydrogen (secondary N) is 1. The maximum atomic E-state index is 13.4. The number of nitrogens with zero attached hydrogens (tertiary/aromatic N) is 2. The number of hydrogen-bond acceptors (Lipinski definition) is 3. The first-order chi connectivity index (χ1) is 8.58. The number of carbonyl (C=O) groups is 1. The van der Waals surface area contributed by atoms with E-state index in [2.05, 4.69) is 26.2 Å². The summed E-state index contributed by atoms with van der Waals surface area (Å²) >= 11 is 3.13. The predicted octanol–water partition coefficient (Wildman–Crippen LogP) is 2.65. The van der Waals surface area contributed by atoms with Gasteiger partial charge in [0.05, 0.1) is 0 Å². The van der Waals surface area contributed by atoms with Gasteiger partial charge in [-0.25, -0.2) is 9.37 Å². The van der Waals surface area contributed by atoms with Crippen LogP contribution in [0.4, 0.5) is 10.2 Å². The van der Waals surface area contributed by atoms with Crippen molar-refractivity contribution >= 4 is 27.7 Å². The lowest BCUT2D eigenvalue weighted by atomic mass is 10.3. The molecule has 1 N–H and O–H groups in total. The standard InChI is InChI=1S/C12H17BrFN3O/c1-3-17(4-2)11(18)5-6-15-12-10(14)7-9(13)8-16-12/h7-8H,3-6H2,1-2H3,(H,15,16). The van der Waals surface area contributed by atoms with Gasteiger partial charge in [-0.3, -0.25) is 4.79 Å². The third-order valence-corrected chi connectivity index (χ3v) is 2.99. The monoisotopic (exact) mass is 317 g/mol. The van der Waals surface area contributed by atoms with Crippen LogP contribution in [-0.2, 0) is 4.79 Å². The van der Waals surface area contributed by atoms with E-state index in [0.717, 1.165) is 0 Å². The fraction of sp³-hybridized carbons (Fsp3) is 0.500. The Kier molecular flexibility index (Phi) is 6.04. The first-order valence-corrected chi connectivity index (χ1v) is 6.70. The summed E-state index contributed by atoms with van der Waals surface area (Å²) < 4.78 is 14.0. The quantitative estimate of drug-likeness (QED) is 0.877. The smallest absolute Gasteiger partial charge is 0.224 e. The van der Waals surface area contributed by atoms with Crippen molar-refractivity contribution in [3.63, 3.8) is 0 Å². The molecule has 1 rings (SSSR count). The summed E-state index contributed by atoms with van der Waals surface area (Å²) in [5, 5.41) is 2.82. The van der Waals surface area contributed by atoms with Crippen LogP contribution in [0.25, 0.3) is 0 Å². The second-order valence-electron chi connectivity index (χ2n) is 3.73. The van der Waals surface area contributed by atoms with E-state index in [-0.39, 0.29) is 11.7 Å². The molecule has 18 heavy (non-hydrogen) atoms. The minimum absolute atomic E-state index is 0.0602. The summed E-state index contributed by atoms with van der Waals surface area (Å²) in [6.07, 6.45) is 1.84. The summed E-state index contributed by atoms with van der Waals surface area (Å²) in [6.45, 7) is 5.64. The molecule has 0 aliphatic rings. The molecule has 0 aromatic carbocycles. The molecule has 0 spiro atoms. The molecule has 4 nitrogen and oxygen atoms in total. The Bertz CT molecular complexity index is 410. The lowest BCUT2D eigenvalue weighted by Crippen LogP contribution is -2.31. The fourth-order valence-electron chi connectivity index (χ4n) is 1.57. The van der Waals surface area contributed by atoms with E-state index >= 15 is 0 Å². The first-order valence-electron chi connectivity index (χ1n) is 5.91. The third-order valence-electron chi connectivity index (χ3n) is 2.56. The van der Waals surface area contributed by atoms with Gasteiger partial charge in [-0.05, 0) is 35.8 Å². The van der Waals surface area contributed by atoms with Gasteiger partial charge >= 0.3 is 0 Å². The van der Waals surface area contributed by atoms with Crippen LogP contribution in [0.5, 0.6) is 0 Å². The molecule has 1 heterocycles. The van der Waals surface area contributed by atoms with Crippen molar-refractivity contribution in [3.05, 3.63) is 22.6 Å². The molecule has 0 aliphatic heterocycles. The summed E-state index contributed by atoms with van der Waals surface area (Å²) in [4.78, 5) is 17.3. The molecule has 0 radical (unpaired) electrons. The highest BCUT2D eigenvalue weighted by Crippen LogP contribution is 2.15. The van der Waals surface area contributed by atoms with Crippen molar-refractivity contribution in [2.75, 3.05) is 25.0 Å². The van der Waals surface area contributed by atoms with Gasteiger partial charge in [-0.1, -0.05) is 0 Å². The van der Waals surface area contributed by atoms with Crippen molar-refractivity contribution in [2.24, 2.45) is 0 Å². The molecule has 0 aliphatic carbocycles. The Morgan fingerprint density at radius 2 is 2.17 bits per heavy atom. The van der Waals surface area contributed by atoms with Gasteiger partial charge < -0.3 is 10.2 Å². The molecule has 0 saturated carbocycles. The highest BCUT2D eigenvalue weighted by Gasteiger charge is 2.09. The number of aromatic nitrogens is 1. The Morgan fingerprint density at radius 3 is 2.72 bits per heavy atom. The zero-order valence-corrected chi connectivity index (χ0v) is 12.1. The van der Waals surface area contributed by atoms with E-state index in [1.54, 1.807) is 4.90 Å². The Hall–Kier alpha value is -1.17. The third kappa shape index (κ3) is 4.25. The lowest BCUT2D eigenvalue weighted by Gasteiger charge is -2.18. The summed E-state index contributed by atoms with van der Waals surface area (Å²) in [5.74, 6) is -0.199. The van der Waals surface area contributed by atoms with Gasteiger partial charge in [0.1, 0.15) is 0 Å². The Morgan fingerprint density at radius 1 is 1.50 bits per heavy atom. The van der Waals surface area contributed by atoms with E-state index in [0.29, 0.717) is 30.5 Å². The van der Waals surface area contributed by atoms with E-state index in [4.69, 9.17) is 0 Å². The number of pyridine rings is 1. The highest BCUT2D eigenvalue weighted by molar-refractivity contribution is 9.10. The molecule has 1 amide bonds. The normalized spacial score (nSPS) is 10.2. The van der Waals surface area contributed by atoms with E-state index < -0.39 is 5.82 Å². The molecule has 0 unspecified atom stereocenters. The van der Waals surface area contributed by atoms with Gasteiger partial charge in [0, 0.05) is 36.7 Å². The second-order valence-corrected chi connectivity index (χ2v) is 4.64.